The molecule has 0 saturated carbocycles. The number of urea groups is 1. The fourth-order valence-corrected chi connectivity index (χ4v) is 3.19. The van der Waals surface area contributed by atoms with E-state index in [-0.39, 0.29) is 11.7 Å². The molecule has 1 fully saturated rings. The first kappa shape index (κ1) is 20.6. The van der Waals surface area contributed by atoms with E-state index in [4.69, 9.17) is 16.3 Å². The number of rotatable bonds is 4. The van der Waals surface area contributed by atoms with E-state index < -0.39 is 17.8 Å². The summed E-state index contributed by atoms with van der Waals surface area (Å²) in [6.07, 6.45) is 1.37. The Bertz CT molecular complexity index is 1040. The third kappa shape index (κ3) is 4.32. The van der Waals surface area contributed by atoms with Gasteiger partial charge in [0.2, 0.25) is 0 Å². The molecule has 1 aliphatic heterocycles. The molecule has 0 radical (unpaired) electrons. The summed E-state index contributed by atoms with van der Waals surface area (Å²) in [7, 11) is 0. The Morgan fingerprint density at radius 1 is 1.07 bits per heavy atom. The second-order valence-electron chi connectivity index (χ2n) is 7.10. The monoisotopic (exact) mass is 412 g/mol. The van der Waals surface area contributed by atoms with Crippen molar-refractivity contribution in [3.8, 4) is 5.75 Å². The molecule has 1 saturated heterocycles. The van der Waals surface area contributed by atoms with Gasteiger partial charge < -0.3 is 4.74 Å². The Labute approximate surface area is 174 Å². The Kier molecular flexibility index (Phi) is 5.75. The van der Waals surface area contributed by atoms with Gasteiger partial charge in [-0.25, -0.2) is 9.69 Å². The third-order valence-electron chi connectivity index (χ3n) is 4.34. The zero-order chi connectivity index (χ0) is 21.3. The van der Waals surface area contributed by atoms with E-state index in [1.54, 1.807) is 31.2 Å². The standard InChI is InChI=1S/C22H21ClN2O4/c1-12(2)29-19-8-7-15(11-17(19)23)10-16-20(26)24-22(28)25(21(16)27)18-9-13(3)5-6-14(18)4/h5-12H,1-4H3,(H,24,26,28)/b16-10+. The lowest BCUT2D eigenvalue weighted by Gasteiger charge is -2.27. The van der Waals surface area contributed by atoms with Crippen LogP contribution in [0.1, 0.15) is 30.5 Å². The topological polar surface area (TPSA) is 75.7 Å². The number of hydrogen-bond donors (Lipinski definition) is 1. The first-order valence-corrected chi connectivity index (χ1v) is 9.50. The van der Waals surface area contributed by atoms with Crippen LogP contribution in [0.3, 0.4) is 0 Å². The molecule has 0 atom stereocenters. The van der Waals surface area contributed by atoms with Crippen LogP contribution in [-0.4, -0.2) is 23.9 Å². The average Bonchev–Trinajstić information content (AvgIpc) is 2.63. The number of benzene rings is 2. The highest BCUT2D eigenvalue weighted by atomic mass is 35.5. The van der Waals surface area contributed by atoms with Crippen LogP contribution in [0.15, 0.2) is 42.0 Å². The number of nitrogens with zero attached hydrogens (tertiary/aromatic N) is 1. The van der Waals surface area contributed by atoms with Crippen molar-refractivity contribution in [3.63, 3.8) is 0 Å². The number of halogens is 1. The van der Waals surface area contributed by atoms with E-state index >= 15 is 0 Å². The Morgan fingerprint density at radius 2 is 1.79 bits per heavy atom. The smallest absolute Gasteiger partial charge is 0.335 e. The van der Waals surface area contributed by atoms with Crippen molar-refractivity contribution in [3.05, 3.63) is 63.7 Å². The number of carbonyl (C=O) groups is 3. The van der Waals surface area contributed by atoms with Gasteiger partial charge in [0, 0.05) is 0 Å². The van der Waals surface area contributed by atoms with Gasteiger partial charge in [0.25, 0.3) is 11.8 Å². The number of ether oxygens (including phenoxy) is 1. The van der Waals surface area contributed by atoms with Crippen LogP contribution < -0.4 is 15.0 Å². The van der Waals surface area contributed by atoms with Crippen molar-refractivity contribution in [1.29, 1.82) is 0 Å². The normalized spacial score (nSPS) is 15.9. The molecule has 0 bridgehead atoms. The van der Waals surface area contributed by atoms with Gasteiger partial charge in [-0.05, 0) is 68.7 Å². The number of anilines is 1. The molecule has 1 aliphatic rings. The quantitative estimate of drug-likeness (QED) is 0.596. The van der Waals surface area contributed by atoms with Crippen LogP contribution in [0.5, 0.6) is 5.75 Å². The number of nitrogens with one attached hydrogen (secondary N) is 1. The predicted molar refractivity (Wildman–Crippen MR) is 112 cm³/mol. The van der Waals surface area contributed by atoms with Crippen molar-refractivity contribution in [1.82, 2.24) is 5.32 Å². The minimum Gasteiger partial charge on any atom is -0.489 e. The Balaban J connectivity index is 1.99. The molecule has 0 aliphatic carbocycles. The van der Waals surface area contributed by atoms with Crippen LogP contribution >= 0.6 is 11.6 Å². The molecule has 1 N–H and O–H groups in total. The number of carbonyl (C=O) groups excluding carboxylic acids is 3. The van der Waals surface area contributed by atoms with Crippen molar-refractivity contribution >= 4 is 41.2 Å². The van der Waals surface area contributed by atoms with E-state index in [0.717, 1.165) is 16.0 Å². The summed E-state index contributed by atoms with van der Waals surface area (Å²) in [5.41, 5.74) is 2.45. The number of barbiturate groups is 1. The molecule has 3 rings (SSSR count). The summed E-state index contributed by atoms with van der Waals surface area (Å²) in [6, 6.07) is 9.63. The van der Waals surface area contributed by atoms with Crippen molar-refractivity contribution in [2.75, 3.05) is 4.90 Å². The summed E-state index contributed by atoms with van der Waals surface area (Å²) in [4.78, 5) is 38.7. The minimum absolute atomic E-state index is 0.0421. The van der Waals surface area contributed by atoms with Gasteiger partial charge in [-0.1, -0.05) is 29.8 Å². The van der Waals surface area contributed by atoms with Crippen LogP contribution in [-0.2, 0) is 9.59 Å². The zero-order valence-electron chi connectivity index (χ0n) is 16.6. The van der Waals surface area contributed by atoms with E-state index in [1.165, 1.54) is 6.08 Å². The molecule has 29 heavy (non-hydrogen) atoms. The molecule has 0 unspecified atom stereocenters. The van der Waals surface area contributed by atoms with Gasteiger partial charge >= 0.3 is 6.03 Å². The lowest BCUT2D eigenvalue weighted by atomic mass is 10.0. The fraction of sp³-hybridized carbons (Fsp3) is 0.227. The van der Waals surface area contributed by atoms with Crippen LogP contribution in [0.2, 0.25) is 5.02 Å². The van der Waals surface area contributed by atoms with E-state index in [2.05, 4.69) is 5.32 Å². The molecule has 0 aromatic heterocycles. The third-order valence-corrected chi connectivity index (χ3v) is 4.63. The Morgan fingerprint density at radius 3 is 2.45 bits per heavy atom. The molecule has 2 aromatic carbocycles. The molecule has 1 heterocycles. The highest BCUT2D eigenvalue weighted by Crippen LogP contribution is 2.29. The summed E-state index contributed by atoms with van der Waals surface area (Å²) in [6.45, 7) is 7.43. The van der Waals surface area contributed by atoms with Gasteiger partial charge in [0.05, 0.1) is 16.8 Å². The first-order chi connectivity index (χ1) is 13.7. The molecule has 4 amide bonds. The van der Waals surface area contributed by atoms with E-state index in [1.807, 2.05) is 32.9 Å². The summed E-state index contributed by atoms with van der Waals surface area (Å²) >= 11 is 6.25. The second kappa shape index (κ2) is 8.09. The number of imide groups is 2. The summed E-state index contributed by atoms with van der Waals surface area (Å²) in [5.74, 6) is -0.929. The molecular formula is C22H21ClN2O4. The predicted octanol–water partition coefficient (Wildman–Crippen LogP) is 4.41. The number of hydrogen-bond acceptors (Lipinski definition) is 4. The number of aryl methyl sites for hydroxylation is 2. The second-order valence-corrected chi connectivity index (χ2v) is 7.51. The van der Waals surface area contributed by atoms with Crippen LogP contribution in [0.4, 0.5) is 10.5 Å². The van der Waals surface area contributed by atoms with Gasteiger partial charge in [0.15, 0.2) is 0 Å². The molecular weight excluding hydrogens is 392 g/mol. The van der Waals surface area contributed by atoms with Crippen molar-refractivity contribution in [2.45, 2.75) is 33.8 Å². The van der Waals surface area contributed by atoms with Crippen LogP contribution in [0.25, 0.3) is 6.08 Å². The highest BCUT2D eigenvalue weighted by Gasteiger charge is 2.37. The minimum atomic E-state index is -0.774. The SMILES string of the molecule is Cc1ccc(C)c(N2C(=O)NC(=O)/C(=C\c3ccc(OC(C)C)c(Cl)c3)C2=O)c1. The average molecular weight is 413 g/mol. The maximum atomic E-state index is 13.0. The van der Waals surface area contributed by atoms with Gasteiger partial charge in [-0.3, -0.25) is 14.9 Å². The van der Waals surface area contributed by atoms with E-state index in [0.29, 0.717) is 22.0 Å². The van der Waals surface area contributed by atoms with Gasteiger partial charge in [-0.2, -0.15) is 0 Å². The molecule has 150 valence electrons. The molecule has 0 spiro atoms. The summed E-state index contributed by atoms with van der Waals surface area (Å²) in [5, 5.41) is 2.59. The van der Waals surface area contributed by atoms with Gasteiger partial charge in [0.1, 0.15) is 11.3 Å². The van der Waals surface area contributed by atoms with Gasteiger partial charge in [-0.15, -0.1) is 0 Å². The molecule has 2 aromatic rings. The fourth-order valence-electron chi connectivity index (χ4n) is 2.96. The highest BCUT2D eigenvalue weighted by molar-refractivity contribution is 6.39. The first-order valence-electron chi connectivity index (χ1n) is 9.12. The van der Waals surface area contributed by atoms with Crippen molar-refractivity contribution < 1.29 is 19.1 Å². The summed E-state index contributed by atoms with van der Waals surface area (Å²) < 4.78 is 5.59. The van der Waals surface area contributed by atoms with Crippen molar-refractivity contribution in [2.24, 2.45) is 0 Å². The zero-order valence-corrected chi connectivity index (χ0v) is 17.3. The molecule has 7 heteroatoms. The number of amides is 4. The lowest BCUT2D eigenvalue weighted by molar-refractivity contribution is -0.122. The van der Waals surface area contributed by atoms with E-state index in [9.17, 15) is 14.4 Å². The largest absolute Gasteiger partial charge is 0.489 e. The maximum Gasteiger partial charge on any atom is 0.335 e. The molecule has 6 nitrogen and oxygen atoms in total. The Hall–Kier alpha value is -3.12. The van der Waals surface area contributed by atoms with Crippen LogP contribution in [0, 0.1) is 13.8 Å². The lowest BCUT2D eigenvalue weighted by Crippen LogP contribution is -2.54. The maximum absolute atomic E-state index is 13.0.